The molecule has 3 rings (SSSR count). The second kappa shape index (κ2) is 9.92. The Labute approximate surface area is 185 Å². The first-order valence-corrected chi connectivity index (χ1v) is 11.4. The zero-order valence-electron chi connectivity index (χ0n) is 16.5. The molecule has 1 heterocycles. The van der Waals surface area contributed by atoms with Crippen LogP contribution in [0.25, 0.3) is 0 Å². The van der Waals surface area contributed by atoms with Crippen LogP contribution in [-0.4, -0.2) is 44.3 Å². The van der Waals surface area contributed by atoms with Crippen molar-refractivity contribution in [1.82, 2.24) is 4.31 Å². The molecule has 2 aromatic carbocycles. The van der Waals surface area contributed by atoms with E-state index in [1.165, 1.54) is 22.5 Å². The van der Waals surface area contributed by atoms with Crippen LogP contribution in [0.15, 0.2) is 47.4 Å². The topological polar surface area (TPSA) is 117 Å². The van der Waals surface area contributed by atoms with Crippen LogP contribution in [0.3, 0.4) is 0 Å². The molecule has 10 heteroatoms. The van der Waals surface area contributed by atoms with Crippen LogP contribution in [0.2, 0.25) is 5.02 Å². The molecule has 1 fully saturated rings. The molecule has 1 N–H and O–H groups in total. The van der Waals surface area contributed by atoms with Gasteiger partial charge >= 0.3 is 5.97 Å². The van der Waals surface area contributed by atoms with E-state index in [1.54, 1.807) is 24.3 Å². The maximum atomic E-state index is 12.9. The predicted octanol–water partition coefficient (Wildman–Crippen LogP) is 3.18. The molecule has 0 saturated carbocycles. The highest BCUT2D eigenvalue weighted by Gasteiger charge is 2.29. The summed E-state index contributed by atoms with van der Waals surface area (Å²) in [5, 5.41) is 11.3. The van der Waals surface area contributed by atoms with Crippen molar-refractivity contribution in [1.29, 1.82) is 5.26 Å². The Morgan fingerprint density at radius 3 is 2.42 bits per heavy atom. The highest BCUT2D eigenvalue weighted by molar-refractivity contribution is 7.89. The van der Waals surface area contributed by atoms with Gasteiger partial charge in [0.15, 0.2) is 6.61 Å². The minimum absolute atomic E-state index is 0.0145. The number of nitrogens with one attached hydrogen (secondary N) is 1. The van der Waals surface area contributed by atoms with Crippen molar-refractivity contribution >= 4 is 39.2 Å². The fourth-order valence-corrected chi connectivity index (χ4v) is 5.13. The summed E-state index contributed by atoms with van der Waals surface area (Å²) in [5.41, 5.74) is 0.870. The van der Waals surface area contributed by atoms with E-state index in [1.807, 2.05) is 6.07 Å². The van der Waals surface area contributed by atoms with Crippen molar-refractivity contribution in [3.63, 3.8) is 0 Å². The normalized spacial score (nSPS) is 14.5. The maximum absolute atomic E-state index is 12.9. The molecule has 1 aliphatic heterocycles. The number of hydrogen-bond donors (Lipinski definition) is 1. The summed E-state index contributed by atoms with van der Waals surface area (Å²) >= 11 is 6.10. The monoisotopic (exact) mass is 461 g/mol. The van der Waals surface area contributed by atoms with Gasteiger partial charge in [0, 0.05) is 18.8 Å². The number of carbonyl (C=O) groups is 2. The summed E-state index contributed by atoms with van der Waals surface area (Å²) in [7, 11) is -3.84. The number of piperidine rings is 1. The molecule has 8 nitrogen and oxygen atoms in total. The predicted molar refractivity (Wildman–Crippen MR) is 114 cm³/mol. The summed E-state index contributed by atoms with van der Waals surface area (Å²) in [6.45, 7) is 0.251. The van der Waals surface area contributed by atoms with Crippen molar-refractivity contribution in [2.45, 2.75) is 24.2 Å². The Balaban J connectivity index is 1.65. The van der Waals surface area contributed by atoms with E-state index < -0.39 is 28.5 Å². The molecule has 0 unspecified atom stereocenters. The van der Waals surface area contributed by atoms with Gasteiger partial charge in [0.05, 0.1) is 22.2 Å². The lowest BCUT2D eigenvalue weighted by molar-refractivity contribution is -0.119. The number of nitriles is 1. The summed E-state index contributed by atoms with van der Waals surface area (Å²) in [6, 6.07) is 12.0. The number of ether oxygens (including phenoxy) is 1. The molecule has 1 saturated heterocycles. The third kappa shape index (κ3) is 5.61. The minimum Gasteiger partial charge on any atom is -0.452 e. The van der Waals surface area contributed by atoms with Gasteiger partial charge in [-0.25, -0.2) is 13.2 Å². The third-order valence-electron chi connectivity index (χ3n) is 4.73. The largest absolute Gasteiger partial charge is 0.452 e. The van der Waals surface area contributed by atoms with Crippen LogP contribution in [0, 0.1) is 11.3 Å². The van der Waals surface area contributed by atoms with E-state index in [0.29, 0.717) is 24.3 Å². The standard InChI is InChI=1S/C21H20ClN3O5S/c22-18-9-6-16(12-19(18)31(28,29)25-10-2-1-3-11-25)21(27)30-14-20(26)24-17-7-4-15(13-23)5-8-17/h4-9,12H,1-3,10-11,14H2,(H,24,26). The summed E-state index contributed by atoms with van der Waals surface area (Å²) in [4.78, 5) is 24.2. The Hall–Kier alpha value is -2.93. The molecular formula is C21H20ClN3O5S. The number of sulfonamides is 1. The van der Waals surface area contributed by atoms with Crippen LogP contribution in [0.4, 0.5) is 5.69 Å². The van der Waals surface area contributed by atoms with Gasteiger partial charge in [-0.15, -0.1) is 0 Å². The van der Waals surface area contributed by atoms with Crippen molar-refractivity contribution in [2.75, 3.05) is 25.0 Å². The molecule has 31 heavy (non-hydrogen) atoms. The van der Waals surface area contributed by atoms with Crippen molar-refractivity contribution < 1.29 is 22.7 Å². The number of nitrogens with zero attached hydrogens (tertiary/aromatic N) is 2. The maximum Gasteiger partial charge on any atom is 0.338 e. The fourth-order valence-electron chi connectivity index (χ4n) is 3.11. The lowest BCUT2D eigenvalue weighted by Crippen LogP contribution is -2.35. The van der Waals surface area contributed by atoms with Gasteiger partial charge in [0.25, 0.3) is 5.91 Å². The smallest absolute Gasteiger partial charge is 0.338 e. The summed E-state index contributed by atoms with van der Waals surface area (Å²) < 4.78 is 32.2. The Bertz CT molecular complexity index is 1120. The van der Waals surface area contributed by atoms with Gasteiger partial charge in [-0.05, 0) is 55.3 Å². The molecule has 0 bridgehead atoms. The van der Waals surface area contributed by atoms with Gasteiger partial charge in [0.2, 0.25) is 10.0 Å². The second-order valence-electron chi connectivity index (χ2n) is 6.92. The zero-order chi connectivity index (χ0) is 22.4. The Morgan fingerprint density at radius 1 is 1.10 bits per heavy atom. The van der Waals surface area contributed by atoms with Crippen LogP contribution in [0.5, 0.6) is 0 Å². The van der Waals surface area contributed by atoms with Crippen molar-refractivity contribution in [3.8, 4) is 6.07 Å². The number of carbonyl (C=O) groups excluding carboxylic acids is 2. The summed E-state index contributed by atoms with van der Waals surface area (Å²) in [5.74, 6) is -1.42. The molecule has 162 valence electrons. The molecule has 0 aliphatic carbocycles. The van der Waals surface area contributed by atoms with Crippen LogP contribution < -0.4 is 5.32 Å². The second-order valence-corrected chi connectivity index (χ2v) is 9.24. The van der Waals surface area contributed by atoms with E-state index in [9.17, 15) is 18.0 Å². The van der Waals surface area contributed by atoms with Gasteiger partial charge in [-0.1, -0.05) is 18.0 Å². The first-order valence-electron chi connectivity index (χ1n) is 9.58. The molecule has 2 aromatic rings. The highest BCUT2D eigenvalue weighted by Crippen LogP contribution is 2.28. The van der Waals surface area contributed by atoms with Crippen molar-refractivity contribution in [3.05, 3.63) is 58.6 Å². The molecule has 0 radical (unpaired) electrons. The number of amides is 1. The number of rotatable bonds is 6. The third-order valence-corrected chi connectivity index (χ3v) is 7.11. The highest BCUT2D eigenvalue weighted by atomic mass is 35.5. The average molecular weight is 462 g/mol. The van der Waals surface area contributed by atoms with Gasteiger partial charge < -0.3 is 10.1 Å². The van der Waals surface area contributed by atoms with E-state index in [0.717, 1.165) is 19.3 Å². The average Bonchev–Trinajstić information content (AvgIpc) is 2.78. The lowest BCUT2D eigenvalue weighted by atomic mass is 10.2. The van der Waals surface area contributed by atoms with E-state index in [-0.39, 0.29) is 15.5 Å². The van der Waals surface area contributed by atoms with E-state index >= 15 is 0 Å². The number of anilines is 1. The Morgan fingerprint density at radius 2 is 1.77 bits per heavy atom. The first kappa shape index (κ1) is 22.7. The van der Waals surface area contributed by atoms with Crippen LogP contribution in [-0.2, 0) is 19.6 Å². The zero-order valence-corrected chi connectivity index (χ0v) is 18.1. The lowest BCUT2D eigenvalue weighted by Gasteiger charge is -2.26. The fraction of sp³-hybridized carbons (Fsp3) is 0.286. The van der Waals surface area contributed by atoms with E-state index in [2.05, 4.69) is 5.32 Å². The molecule has 1 aliphatic rings. The molecular weight excluding hydrogens is 442 g/mol. The van der Waals surface area contributed by atoms with E-state index in [4.69, 9.17) is 21.6 Å². The molecule has 0 aromatic heterocycles. The van der Waals surface area contributed by atoms with Gasteiger partial charge in [-0.3, -0.25) is 4.79 Å². The number of esters is 1. The SMILES string of the molecule is N#Cc1ccc(NC(=O)COC(=O)c2ccc(Cl)c(S(=O)(=O)N3CCCCC3)c2)cc1. The van der Waals surface area contributed by atoms with Crippen molar-refractivity contribution in [2.24, 2.45) is 0 Å². The number of hydrogen-bond acceptors (Lipinski definition) is 6. The quantitative estimate of drug-likeness (QED) is 0.660. The van der Waals surface area contributed by atoms with Gasteiger partial charge in [0.1, 0.15) is 4.90 Å². The molecule has 1 amide bonds. The van der Waals surface area contributed by atoms with Crippen LogP contribution >= 0.6 is 11.6 Å². The Kier molecular flexibility index (Phi) is 7.28. The summed E-state index contributed by atoms with van der Waals surface area (Å²) in [6.07, 6.45) is 2.51. The minimum atomic E-state index is -3.84. The number of benzene rings is 2. The molecule has 0 spiro atoms. The van der Waals surface area contributed by atoms with Crippen LogP contribution in [0.1, 0.15) is 35.2 Å². The van der Waals surface area contributed by atoms with Gasteiger partial charge in [-0.2, -0.15) is 9.57 Å². The molecule has 0 atom stereocenters. The first-order chi connectivity index (χ1) is 14.8. The number of halogens is 1.